The lowest BCUT2D eigenvalue weighted by molar-refractivity contribution is 0.0954. The van der Waals surface area contributed by atoms with Gasteiger partial charge in [-0.1, -0.05) is 6.42 Å². The molecule has 1 amide bonds. The van der Waals surface area contributed by atoms with Gasteiger partial charge in [0.25, 0.3) is 5.91 Å². The summed E-state index contributed by atoms with van der Waals surface area (Å²) >= 11 is 0. The molecule has 2 aliphatic rings. The number of nitrogens with zero attached hydrogens (tertiary/aromatic N) is 1. The molecular weight excluding hydrogens is 280 g/mol. The minimum Gasteiger partial charge on any atom is -0.493 e. The van der Waals surface area contributed by atoms with Crippen LogP contribution >= 0.6 is 0 Å². The second kappa shape index (κ2) is 6.38. The van der Waals surface area contributed by atoms with Crippen molar-refractivity contribution in [3.63, 3.8) is 0 Å². The molecule has 3 atom stereocenters. The molecule has 0 aliphatic heterocycles. The van der Waals surface area contributed by atoms with Crippen molar-refractivity contribution in [2.24, 2.45) is 22.9 Å². The summed E-state index contributed by atoms with van der Waals surface area (Å²) in [7, 11) is 3.12. The Labute approximate surface area is 130 Å². The first-order chi connectivity index (χ1) is 10.7. The first-order valence-electron chi connectivity index (χ1n) is 7.76. The van der Waals surface area contributed by atoms with Crippen molar-refractivity contribution in [3.8, 4) is 11.5 Å². The average molecular weight is 302 g/mol. The van der Waals surface area contributed by atoms with Gasteiger partial charge in [-0.25, -0.2) is 5.43 Å². The lowest BCUT2D eigenvalue weighted by Crippen LogP contribution is -2.20. The number of methoxy groups -OCH3 is 2. The number of hydrogen-bond acceptors (Lipinski definition) is 4. The molecule has 118 valence electrons. The lowest BCUT2D eigenvalue weighted by Gasteiger charge is -2.16. The Balaban J connectivity index is 1.60. The molecule has 2 saturated carbocycles. The van der Waals surface area contributed by atoms with Gasteiger partial charge in [-0.3, -0.25) is 4.79 Å². The summed E-state index contributed by atoms with van der Waals surface area (Å²) in [5.74, 6) is 3.08. The van der Waals surface area contributed by atoms with Gasteiger partial charge in [0.15, 0.2) is 11.5 Å². The van der Waals surface area contributed by atoms with E-state index in [1.165, 1.54) is 25.7 Å². The molecule has 2 bridgehead atoms. The summed E-state index contributed by atoms with van der Waals surface area (Å²) in [6, 6.07) is 5.07. The molecule has 1 N–H and O–H groups in total. The molecule has 3 unspecified atom stereocenters. The minimum absolute atomic E-state index is 0.236. The second-order valence-corrected chi connectivity index (χ2v) is 6.13. The van der Waals surface area contributed by atoms with E-state index in [2.05, 4.69) is 10.5 Å². The minimum atomic E-state index is -0.236. The van der Waals surface area contributed by atoms with Crippen LogP contribution < -0.4 is 14.9 Å². The molecule has 1 aromatic carbocycles. The Bertz CT molecular complexity index is 585. The number of carbonyl (C=O) groups excluding carboxylic acids is 1. The Morgan fingerprint density at radius 1 is 1.23 bits per heavy atom. The summed E-state index contributed by atoms with van der Waals surface area (Å²) in [6.45, 7) is 0. The molecule has 22 heavy (non-hydrogen) atoms. The summed E-state index contributed by atoms with van der Waals surface area (Å²) in [6.07, 6.45) is 7.15. The van der Waals surface area contributed by atoms with E-state index in [4.69, 9.17) is 9.47 Å². The lowest BCUT2D eigenvalue weighted by atomic mass is 9.90. The molecule has 0 spiro atoms. The topological polar surface area (TPSA) is 59.9 Å². The van der Waals surface area contributed by atoms with Crippen molar-refractivity contribution in [1.29, 1.82) is 0 Å². The van der Waals surface area contributed by atoms with Crippen molar-refractivity contribution in [3.05, 3.63) is 23.8 Å². The van der Waals surface area contributed by atoms with Gasteiger partial charge in [-0.05, 0) is 55.2 Å². The van der Waals surface area contributed by atoms with E-state index in [1.807, 2.05) is 6.21 Å². The molecule has 0 aromatic heterocycles. The highest BCUT2D eigenvalue weighted by atomic mass is 16.5. The monoisotopic (exact) mass is 302 g/mol. The fourth-order valence-corrected chi connectivity index (χ4v) is 3.71. The van der Waals surface area contributed by atoms with Crippen LogP contribution in [-0.2, 0) is 0 Å². The Hall–Kier alpha value is -2.04. The number of nitrogens with one attached hydrogen (secondary N) is 1. The van der Waals surface area contributed by atoms with Gasteiger partial charge in [0.05, 0.1) is 14.2 Å². The molecule has 1 aromatic rings. The van der Waals surface area contributed by atoms with E-state index in [-0.39, 0.29) is 5.91 Å². The highest BCUT2D eigenvalue weighted by molar-refractivity contribution is 5.95. The smallest absolute Gasteiger partial charge is 0.271 e. The van der Waals surface area contributed by atoms with Gasteiger partial charge >= 0.3 is 0 Å². The molecule has 0 saturated heterocycles. The van der Waals surface area contributed by atoms with E-state index in [0.717, 1.165) is 11.8 Å². The van der Waals surface area contributed by atoms with E-state index in [0.29, 0.717) is 23.0 Å². The quantitative estimate of drug-likeness (QED) is 0.672. The maximum atomic E-state index is 12.1. The van der Waals surface area contributed by atoms with Crippen molar-refractivity contribution in [1.82, 2.24) is 5.43 Å². The van der Waals surface area contributed by atoms with Gasteiger partial charge in [-0.15, -0.1) is 0 Å². The third-order valence-corrected chi connectivity index (χ3v) is 4.87. The van der Waals surface area contributed by atoms with E-state index < -0.39 is 0 Å². The van der Waals surface area contributed by atoms with Crippen molar-refractivity contribution >= 4 is 12.1 Å². The van der Waals surface area contributed by atoms with E-state index >= 15 is 0 Å². The molecular formula is C17H22N2O3. The second-order valence-electron chi connectivity index (χ2n) is 6.13. The van der Waals surface area contributed by atoms with Crippen LogP contribution in [-0.4, -0.2) is 26.3 Å². The van der Waals surface area contributed by atoms with Crippen LogP contribution in [0.2, 0.25) is 0 Å². The SMILES string of the molecule is COc1ccc(C(=O)N/N=C/C2CC3CCC2C3)cc1OC. The van der Waals surface area contributed by atoms with Crippen LogP contribution in [0.3, 0.4) is 0 Å². The summed E-state index contributed by atoms with van der Waals surface area (Å²) in [5, 5.41) is 4.15. The fourth-order valence-electron chi connectivity index (χ4n) is 3.71. The van der Waals surface area contributed by atoms with Gasteiger partial charge in [-0.2, -0.15) is 5.10 Å². The number of hydrogen-bond donors (Lipinski definition) is 1. The molecule has 2 fully saturated rings. The zero-order valence-corrected chi connectivity index (χ0v) is 13.0. The molecule has 3 rings (SSSR count). The van der Waals surface area contributed by atoms with Gasteiger partial charge in [0.1, 0.15) is 0 Å². The van der Waals surface area contributed by atoms with Crippen LogP contribution in [0.15, 0.2) is 23.3 Å². The summed E-state index contributed by atoms with van der Waals surface area (Å²) in [4.78, 5) is 12.1. The predicted octanol–water partition coefficient (Wildman–Crippen LogP) is 2.86. The molecule has 2 aliphatic carbocycles. The zero-order valence-electron chi connectivity index (χ0n) is 13.0. The van der Waals surface area contributed by atoms with E-state index in [9.17, 15) is 4.79 Å². The molecule has 0 heterocycles. The Kier molecular flexibility index (Phi) is 4.32. The standard InChI is InChI=1S/C17H22N2O3/c1-21-15-6-5-13(9-16(15)22-2)17(20)19-18-10-14-8-11-3-4-12(14)7-11/h5-6,9-12,14H,3-4,7-8H2,1-2H3,(H,19,20)/b18-10+. The Morgan fingerprint density at radius 3 is 2.68 bits per heavy atom. The molecule has 5 heteroatoms. The van der Waals surface area contributed by atoms with Crippen LogP contribution in [0.1, 0.15) is 36.0 Å². The average Bonchev–Trinajstić information content (AvgIpc) is 3.17. The highest BCUT2D eigenvalue weighted by Gasteiger charge is 2.38. The normalized spacial score (nSPS) is 26.4. The van der Waals surface area contributed by atoms with Gasteiger partial charge < -0.3 is 9.47 Å². The molecule has 5 nitrogen and oxygen atoms in total. The van der Waals surface area contributed by atoms with Gasteiger partial charge in [0, 0.05) is 11.8 Å². The molecule has 0 radical (unpaired) electrons. The number of carbonyl (C=O) groups is 1. The van der Waals surface area contributed by atoms with Crippen molar-refractivity contribution < 1.29 is 14.3 Å². The van der Waals surface area contributed by atoms with Crippen LogP contribution in [0.4, 0.5) is 0 Å². The number of rotatable bonds is 5. The maximum absolute atomic E-state index is 12.1. The third kappa shape index (κ3) is 2.93. The number of amides is 1. The number of fused-ring (bicyclic) bond motifs is 2. The fraction of sp³-hybridized carbons (Fsp3) is 0.529. The van der Waals surface area contributed by atoms with Crippen molar-refractivity contribution in [2.45, 2.75) is 25.7 Å². The van der Waals surface area contributed by atoms with Crippen molar-refractivity contribution in [2.75, 3.05) is 14.2 Å². The predicted molar refractivity (Wildman–Crippen MR) is 84.4 cm³/mol. The number of hydrazone groups is 1. The van der Waals surface area contributed by atoms with Crippen LogP contribution in [0.5, 0.6) is 11.5 Å². The van der Waals surface area contributed by atoms with Crippen LogP contribution in [0, 0.1) is 17.8 Å². The first-order valence-corrected chi connectivity index (χ1v) is 7.76. The number of benzene rings is 1. The van der Waals surface area contributed by atoms with Crippen LogP contribution in [0.25, 0.3) is 0 Å². The first kappa shape index (κ1) is 14.9. The maximum Gasteiger partial charge on any atom is 0.271 e. The highest BCUT2D eigenvalue weighted by Crippen LogP contribution is 2.47. The van der Waals surface area contributed by atoms with Gasteiger partial charge in [0.2, 0.25) is 0 Å². The largest absolute Gasteiger partial charge is 0.493 e. The third-order valence-electron chi connectivity index (χ3n) is 4.87. The number of ether oxygens (including phenoxy) is 2. The zero-order chi connectivity index (χ0) is 15.5. The summed E-state index contributed by atoms with van der Waals surface area (Å²) < 4.78 is 10.4. The Morgan fingerprint density at radius 2 is 2.05 bits per heavy atom. The van der Waals surface area contributed by atoms with E-state index in [1.54, 1.807) is 32.4 Å². The summed E-state index contributed by atoms with van der Waals surface area (Å²) in [5.41, 5.74) is 3.11.